The zero-order valence-electron chi connectivity index (χ0n) is 9.83. The Bertz CT molecular complexity index is 607. The third kappa shape index (κ3) is 2.79. The monoisotopic (exact) mass is 244 g/mol. The molecule has 2 aromatic rings. The summed E-state index contributed by atoms with van der Waals surface area (Å²) in [6.45, 7) is 0.302. The predicted octanol–water partition coefficient (Wildman–Crippen LogP) is 0.105. The normalized spacial score (nSPS) is 10.1. The number of hydrogen-bond donors (Lipinski definition) is 1. The van der Waals surface area contributed by atoms with Crippen molar-refractivity contribution in [1.82, 2.24) is 19.9 Å². The summed E-state index contributed by atoms with van der Waals surface area (Å²) in [5, 5.41) is 2.68. The highest BCUT2D eigenvalue weighted by Crippen LogP contribution is 1.96. The van der Waals surface area contributed by atoms with Crippen LogP contribution >= 0.6 is 0 Å². The number of rotatable bonds is 3. The van der Waals surface area contributed by atoms with Gasteiger partial charge in [-0.25, -0.2) is 9.97 Å². The second kappa shape index (κ2) is 5.22. The van der Waals surface area contributed by atoms with Gasteiger partial charge in [-0.05, 0) is 12.1 Å². The smallest absolute Gasteiger partial charge is 0.251 e. The fraction of sp³-hybridized carbons (Fsp3) is 0.167. The molecule has 0 atom stereocenters. The lowest BCUT2D eigenvalue weighted by Gasteiger charge is -2.04. The van der Waals surface area contributed by atoms with Crippen LogP contribution in [0.1, 0.15) is 16.1 Å². The molecular weight excluding hydrogens is 232 g/mol. The van der Waals surface area contributed by atoms with Crippen molar-refractivity contribution in [2.45, 2.75) is 6.54 Å². The second-order valence-corrected chi connectivity index (χ2v) is 3.75. The van der Waals surface area contributed by atoms with Crippen LogP contribution in [0.3, 0.4) is 0 Å². The van der Waals surface area contributed by atoms with Crippen LogP contribution in [0.25, 0.3) is 0 Å². The van der Waals surface area contributed by atoms with E-state index in [4.69, 9.17) is 0 Å². The van der Waals surface area contributed by atoms with Crippen LogP contribution < -0.4 is 10.9 Å². The lowest BCUT2D eigenvalue weighted by molar-refractivity contribution is 0.0950. The largest absolute Gasteiger partial charge is 0.346 e. The maximum Gasteiger partial charge on any atom is 0.251 e. The van der Waals surface area contributed by atoms with E-state index >= 15 is 0 Å². The van der Waals surface area contributed by atoms with E-state index in [-0.39, 0.29) is 11.5 Å². The standard InChI is InChI=1S/C12H12N4O2/c1-16-5-3-9(6-11(16)17)12(18)14-7-10-2-4-13-8-15-10/h2-6,8H,7H2,1H3,(H,14,18). The van der Waals surface area contributed by atoms with Crippen molar-refractivity contribution in [3.05, 3.63) is 58.5 Å². The topological polar surface area (TPSA) is 76.9 Å². The summed E-state index contributed by atoms with van der Waals surface area (Å²) in [7, 11) is 1.63. The van der Waals surface area contributed by atoms with Gasteiger partial charge in [-0.1, -0.05) is 0 Å². The van der Waals surface area contributed by atoms with Gasteiger partial charge in [0.25, 0.3) is 11.5 Å². The molecule has 2 heterocycles. The number of aromatic nitrogens is 3. The lowest BCUT2D eigenvalue weighted by atomic mass is 10.2. The van der Waals surface area contributed by atoms with Crippen molar-refractivity contribution in [2.75, 3.05) is 0 Å². The molecule has 0 unspecified atom stereocenters. The fourth-order valence-electron chi connectivity index (χ4n) is 1.39. The molecule has 2 aromatic heterocycles. The van der Waals surface area contributed by atoms with Gasteiger partial charge in [-0.15, -0.1) is 0 Å². The first-order valence-corrected chi connectivity index (χ1v) is 5.36. The number of nitrogens with zero attached hydrogens (tertiary/aromatic N) is 3. The number of carbonyl (C=O) groups excluding carboxylic acids is 1. The Morgan fingerprint density at radius 1 is 1.44 bits per heavy atom. The van der Waals surface area contributed by atoms with E-state index in [2.05, 4.69) is 15.3 Å². The number of aryl methyl sites for hydroxylation is 1. The lowest BCUT2D eigenvalue weighted by Crippen LogP contribution is -2.26. The predicted molar refractivity (Wildman–Crippen MR) is 64.9 cm³/mol. The highest BCUT2D eigenvalue weighted by atomic mass is 16.2. The van der Waals surface area contributed by atoms with Gasteiger partial charge in [0.2, 0.25) is 0 Å². The van der Waals surface area contributed by atoms with Crippen molar-refractivity contribution >= 4 is 5.91 Å². The van der Waals surface area contributed by atoms with Crippen molar-refractivity contribution in [1.29, 1.82) is 0 Å². The van der Waals surface area contributed by atoms with Crippen LogP contribution in [0, 0.1) is 0 Å². The van der Waals surface area contributed by atoms with Crippen LogP contribution in [0.15, 0.2) is 41.7 Å². The quantitative estimate of drug-likeness (QED) is 0.831. The molecule has 0 fully saturated rings. The Kier molecular flexibility index (Phi) is 3.47. The summed E-state index contributed by atoms with van der Waals surface area (Å²) in [4.78, 5) is 30.9. The first-order valence-electron chi connectivity index (χ1n) is 5.36. The average molecular weight is 244 g/mol. The molecule has 2 rings (SSSR count). The van der Waals surface area contributed by atoms with Gasteiger partial charge in [0.15, 0.2) is 0 Å². The first-order chi connectivity index (χ1) is 8.66. The molecule has 0 bridgehead atoms. The van der Waals surface area contributed by atoms with E-state index in [0.717, 1.165) is 0 Å². The highest BCUT2D eigenvalue weighted by molar-refractivity contribution is 5.93. The number of carbonyl (C=O) groups is 1. The molecule has 0 aliphatic heterocycles. The molecule has 6 heteroatoms. The molecule has 1 N–H and O–H groups in total. The molecule has 6 nitrogen and oxygen atoms in total. The van der Waals surface area contributed by atoms with Crippen molar-refractivity contribution in [2.24, 2.45) is 7.05 Å². The van der Waals surface area contributed by atoms with E-state index in [1.807, 2.05) is 0 Å². The maximum atomic E-state index is 11.8. The van der Waals surface area contributed by atoms with Gasteiger partial charge in [-0.2, -0.15) is 0 Å². The van der Waals surface area contributed by atoms with Gasteiger partial charge in [0.05, 0.1) is 12.2 Å². The maximum absolute atomic E-state index is 11.8. The van der Waals surface area contributed by atoms with Crippen molar-refractivity contribution < 1.29 is 4.79 Å². The molecule has 0 aromatic carbocycles. The fourth-order valence-corrected chi connectivity index (χ4v) is 1.39. The molecular formula is C12H12N4O2. The number of amides is 1. The summed E-state index contributed by atoms with van der Waals surface area (Å²) < 4.78 is 1.40. The molecule has 0 saturated carbocycles. The third-order valence-corrected chi connectivity index (χ3v) is 2.44. The van der Waals surface area contributed by atoms with Gasteiger partial charge >= 0.3 is 0 Å². The Morgan fingerprint density at radius 3 is 2.94 bits per heavy atom. The van der Waals surface area contributed by atoms with Gasteiger partial charge in [0, 0.05) is 31.1 Å². The number of hydrogen-bond acceptors (Lipinski definition) is 4. The second-order valence-electron chi connectivity index (χ2n) is 3.75. The minimum Gasteiger partial charge on any atom is -0.346 e. The van der Waals surface area contributed by atoms with E-state index < -0.39 is 0 Å². The Morgan fingerprint density at radius 2 is 2.28 bits per heavy atom. The zero-order valence-corrected chi connectivity index (χ0v) is 9.83. The minimum absolute atomic E-state index is 0.218. The molecule has 0 saturated heterocycles. The summed E-state index contributed by atoms with van der Waals surface area (Å²) in [6, 6.07) is 4.61. The molecule has 0 radical (unpaired) electrons. The molecule has 0 aliphatic rings. The first kappa shape index (κ1) is 12.0. The third-order valence-electron chi connectivity index (χ3n) is 2.44. The van der Waals surface area contributed by atoms with Crippen molar-refractivity contribution in [3.8, 4) is 0 Å². The Labute approximate surface area is 103 Å². The molecule has 0 aliphatic carbocycles. The van der Waals surface area contributed by atoms with Crippen LogP contribution in [-0.4, -0.2) is 20.4 Å². The highest BCUT2D eigenvalue weighted by Gasteiger charge is 2.06. The van der Waals surface area contributed by atoms with E-state index in [1.54, 1.807) is 31.6 Å². The molecule has 0 spiro atoms. The van der Waals surface area contributed by atoms with E-state index in [0.29, 0.717) is 17.8 Å². The average Bonchev–Trinajstić information content (AvgIpc) is 2.40. The van der Waals surface area contributed by atoms with Crippen LogP contribution in [-0.2, 0) is 13.6 Å². The molecule has 92 valence electrons. The zero-order chi connectivity index (χ0) is 13.0. The minimum atomic E-state index is -0.300. The number of nitrogens with one attached hydrogen (secondary N) is 1. The summed E-state index contributed by atoms with van der Waals surface area (Å²) >= 11 is 0. The van der Waals surface area contributed by atoms with Crippen LogP contribution in [0.2, 0.25) is 0 Å². The van der Waals surface area contributed by atoms with Gasteiger partial charge in [-0.3, -0.25) is 9.59 Å². The van der Waals surface area contributed by atoms with Crippen molar-refractivity contribution in [3.63, 3.8) is 0 Å². The van der Waals surface area contributed by atoms with E-state index in [1.165, 1.54) is 17.0 Å². The van der Waals surface area contributed by atoms with Gasteiger partial charge < -0.3 is 9.88 Å². The molecule has 1 amide bonds. The van der Waals surface area contributed by atoms with Crippen LogP contribution in [0.5, 0.6) is 0 Å². The molecule has 18 heavy (non-hydrogen) atoms. The summed E-state index contributed by atoms with van der Waals surface area (Å²) in [5.74, 6) is -0.300. The van der Waals surface area contributed by atoms with E-state index in [9.17, 15) is 9.59 Å². The Hall–Kier alpha value is -2.50. The summed E-state index contributed by atoms with van der Waals surface area (Å²) in [6.07, 6.45) is 4.58. The SMILES string of the molecule is Cn1ccc(C(=O)NCc2ccncn2)cc1=O. The van der Waals surface area contributed by atoms with Gasteiger partial charge in [0.1, 0.15) is 6.33 Å². The Balaban J connectivity index is 2.04. The number of pyridine rings is 1. The van der Waals surface area contributed by atoms with Crippen LogP contribution in [0.4, 0.5) is 0 Å². The summed E-state index contributed by atoms with van der Waals surface area (Å²) in [5.41, 5.74) is 0.832.